The summed E-state index contributed by atoms with van der Waals surface area (Å²) in [4.78, 5) is 38.0. The summed E-state index contributed by atoms with van der Waals surface area (Å²) < 4.78 is 16.7. The molecule has 0 aliphatic rings. The summed E-state index contributed by atoms with van der Waals surface area (Å²) in [7, 11) is 0. The maximum absolute atomic E-state index is 12.8. The van der Waals surface area contributed by atoms with Crippen LogP contribution in [0, 0.1) is 0 Å². The minimum atomic E-state index is -0.806. The molecule has 0 spiro atoms. The second kappa shape index (κ2) is 57.4. The van der Waals surface area contributed by atoms with Crippen molar-refractivity contribution < 1.29 is 28.6 Å². The topological polar surface area (TPSA) is 78.9 Å². The molecular formula is C64H104O6. The molecule has 0 heterocycles. The normalized spacial score (nSPS) is 13.0. The molecule has 0 bridgehead atoms. The summed E-state index contributed by atoms with van der Waals surface area (Å²) in [5.74, 6) is -0.976. The van der Waals surface area contributed by atoms with Crippen molar-refractivity contribution in [2.24, 2.45) is 0 Å². The van der Waals surface area contributed by atoms with E-state index >= 15 is 0 Å². The summed E-state index contributed by atoms with van der Waals surface area (Å²) in [6.07, 6.45) is 79.2. The Bertz CT molecular complexity index is 1490. The van der Waals surface area contributed by atoms with Gasteiger partial charge in [0.25, 0.3) is 0 Å². The van der Waals surface area contributed by atoms with Crippen LogP contribution in [-0.2, 0) is 28.6 Å². The summed E-state index contributed by atoms with van der Waals surface area (Å²) in [5, 5.41) is 0. The van der Waals surface area contributed by atoms with Crippen LogP contribution in [0.2, 0.25) is 0 Å². The Labute approximate surface area is 431 Å². The van der Waals surface area contributed by atoms with Gasteiger partial charge in [-0.1, -0.05) is 239 Å². The molecule has 0 aromatic heterocycles. The number of allylic oxidation sites excluding steroid dienone is 20. The molecule has 1 unspecified atom stereocenters. The molecule has 396 valence electrons. The first-order valence-electron chi connectivity index (χ1n) is 28.5. The minimum absolute atomic E-state index is 0.0998. The van der Waals surface area contributed by atoms with E-state index in [1.54, 1.807) is 0 Å². The van der Waals surface area contributed by atoms with Crippen LogP contribution < -0.4 is 0 Å². The lowest BCUT2D eigenvalue weighted by Gasteiger charge is -2.18. The SMILES string of the molecule is CC/C=C\C/C=C\C/C=C\C/C=C\C/C=C\C/C=C\C/C=C\C/C=C\C/C=C\CCCC(=O)OCC(COC(=O)CCCCCCCCCCCCC)OC(=O)CCCCCCC/C=C\CCCCC. The summed E-state index contributed by atoms with van der Waals surface area (Å²) >= 11 is 0. The lowest BCUT2D eigenvalue weighted by molar-refractivity contribution is -0.167. The third-order valence-corrected chi connectivity index (χ3v) is 11.7. The van der Waals surface area contributed by atoms with Crippen LogP contribution in [0.5, 0.6) is 0 Å². The van der Waals surface area contributed by atoms with E-state index in [9.17, 15) is 14.4 Å². The number of rotatable bonds is 50. The molecule has 0 rings (SSSR count). The van der Waals surface area contributed by atoms with Gasteiger partial charge >= 0.3 is 17.9 Å². The Hall–Kier alpha value is -4.19. The second-order valence-corrected chi connectivity index (χ2v) is 18.5. The van der Waals surface area contributed by atoms with Crippen LogP contribution >= 0.6 is 0 Å². The summed E-state index contributed by atoms with van der Waals surface area (Å²) in [6, 6.07) is 0. The van der Waals surface area contributed by atoms with Crippen LogP contribution in [0.1, 0.15) is 245 Å². The molecule has 0 radical (unpaired) electrons. The van der Waals surface area contributed by atoms with E-state index in [-0.39, 0.29) is 37.5 Å². The number of ether oxygens (including phenoxy) is 3. The van der Waals surface area contributed by atoms with Gasteiger partial charge in [-0.3, -0.25) is 14.4 Å². The molecule has 0 aliphatic carbocycles. The van der Waals surface area contributed by atoms with Gasteiger partial charge in [0.1, 0.15) is 13.2 Å². The highest BCUT2D eigenvalue weighted by Gasteiger charge is 2.19. The Morgan fingerprint density at radius 1 is 0.300 bits per heavy atom. The average molecular weight is 970 g/mol. The quantitative estimate of drug-likeness (QED) is 0.0262. The largest absolute Gasteiger partial charge is 0.462 e. The van der Waals surface area contributed by atoms with Crippen molar-refractivity contribution in [1.29, 1.82) is 0 Å². The smallest absolute Gasteiger partial charge is 0.306 e. The summed E-state index contributed by atoms with van der Waals surface area (Å²) in [6.45, 7) is 6.43. The minimum Gasteiger partial charge on any atom is -0.462 e. The molecule has 6 nitrogen and oxygen atoms in total. The molecule has 70 heavy (non-hydrogen) atoms. The fraction of sp³-hybridized carbons (Fsp3) is 0.641. The first kappa shape index (κ1) is 65.8. The van der Waals surface area contributed by atoms with Crippen molar-refractivity contribution in [3.05, 3.63) is 122 Å². The maximum Gasteiger partial charge on any atom is 0.306 e. The highest BCUT2D eigenvalue weighted by molar-refractivity contribution is 5.71. The van der Waals surface area contributed by atoms with Crippen molar-refractivity contribution in [1.82, 2.24) is 0 Å². The Morgan fingerprint density at radius 2 is 0.571 bits per heavy atom. The van der Waals surface area contributed by atoms with Crippen molar-refractivity contribution in [3.8, 4) is 0 Å². The summed E-state index contributed by atoms with van der Waals surface area (Å²) in [5.41, 5.74) is 0. The first-order valence-corrected chi connectivity index (χ1v) is 28.5. The molecule has 0 N–H and O–H groups in total. The number of unbranched alkanes of at least 4 members (excludes halogenated alkanes) is 19. The van der Waals surface area contributed by atoms with Gasteiger partial charge < -0.3 is 14.2 Å². The molecule has 6 heteroatoms. The van der Waals surface area contributed by atoms with Gasteiger partial charge in [0.05, 0.1) is 0 Å². The van der Waals surface area contributed by atoms with Crippen molar-refractivity contribution in [2.75, 3.05) is 13.2 Å². The second-order valence-electron chi connectivity index (χ2n) is 18.5. The van der Waals surface area contributed by atoms with E-state index in [4.69, 9.17) is 14.2 Å². The zero-order chi connectivity index (χ0) is 50.7. The zero-order valence-electron chi connectivity index (χ0n) is 45.2. The van der Waals surface area contributed by atoms with Crippen LogP contribution in [0.25, 0.3) is 0 Å². The third-order valence-electron chi connectivity index (χ3n) is 11.7. The van der Waals surface area contributed by atoms with E-state index in [0.717, 1.165) is 116 Å². The molecule has 0 amide bonds. The van der Waals surface area contributed by atoms with Gasteiger partial charge in [-0.25, -0.2) is 0 Å². The van der Waals surface area contributed by atoms with Gasteiger partial charge in [-0.15, -0.1) is 0 Å². The van der Waals surface area contributed by atoms with Gasteiger partial charge in [0, 0.05) is 19.3 Å². The van der Waals surface area contributed by atoms with Gasteiger partial charge in [-0.05, 0) is 109 Å². The number of hydrogen-bond acceptors (Lipinski definition) is 6. The number of hydrogen-bond donors (Lipinski definition) is 0. The van der Waals surface area contributed by atoms with E-state index in [0.29, 0.717) is 19.3 Å². The zero-order valence-corrected chi connectivity index (χ0v) is 45.2. The third kappa shape index (κ3) is 54.7. The van der Waals surface area contributed by atoms with Crippen LogP contribution in [0.15, 0.2) is 122 Å². The number of carbonyl (C=O) groups is 3. The van der Waals surface area contributed by atoms with Crippen LogP contribution in [0.4, 0.5) is 0 Å². The fourth-order valence-corrected chi connectivity index (χ4v) is 7.44. The van der Waals surface area contributed by atoms with E-state index in [1.165, 1.54) is 83.5 Å². The fourth-order valence-electron chi connectivity index (χ4n) is 7.44. The van der Waals surface area contributed by atoms with E-state index in [1.807, 2.05) is 0 Å². The van der Waals surface area contributed by atoms with Crippen molar-refractivity contribution in [2.45, 2.75) is 252 Å². The molecule has 0 saturated carbocycles. The number of esters is 3. The highest BCUT2D eigenvalue weighted by atomic mass is 16.6. The van der Waals surface area contributed by atoms with Gasteiger partial charge in [0.15, 0.2) is 6.10 Å². The monoisotopic (exact) mass is 969 g/mol. The first-order chi connectivity index (χ1) is 34.5. The predicted octanol–water partition coefficient (Wildman–Crippen LogP) is 19.3. The molecule has 0 aromatic rings. The highest BCUT2D eigenvalue weighted by Crippen LogP contribution is 2.14. The van der Waals surface area contributed by atoms with Crippen LogP contribution in [0.3, 0.4) is 0 Å². The Morgan fingerprint density at radius 3 is 0.971 bits per heavy atom. The van der Waals surface area contributed by atoms with Crippen LogP contribution in [-0.4, -0.2) is 37.2 Å². The molecule has 1 atom stereocenters. The van der Waals surface area contributed by atoms with E-state index < -0.39 is 6.10 Å². The molecule has 0 saturated heterocycles. The van der Waals surface area contributed by atoms with Gasteiger partial charge in [0.2, 0.25) is 0 Å². The maximum atomic E-state index is 12.8. The molecule has 0 aromatic carbocycles. The van der Waals surface area contributed by atoms with Crippen molar-refractivity contribution >= 4 is 17.9 Å². The lowest BCUT2D eigenvalue weighted by atomic mass is 10.1. The molecule has 0 fully saturated rings. The van der Waals surface area contributed by atoms with Gasteiger partial charge in [-0.2, -0.15) is 0 Å². The predicted molar refractivity (Wildman–Crippen MR) is 302 cm³/mol. The Balaban J connectivity index is 4.37. The van der Waals surface area contributed by atoms with Crippen molar-refractivity contribution in [3.63, 3.8) is 0 Å². The molecular weight excluding hydrogens is 865 g/mol. The van der Waals surface area contributed by atoms with E-state index in [2.05, 4.69) is 142 Å². The Kier molecular flexibility index (Phi) is 54.0. The lowest BCUT2D eigenvalue weighted by Crippen LogP contribution is -2.30. The number of carbonyl (C=O) groups excluding carboxylic acids is 3. The average Bonchev–Trinajstić information content (AvgIpc) is 3.36. The molecule has 0 aliphatic heterocycles. The standard InChI is InChI=1S/C64H104O6/c1-4-7-10-13-16-19-22-24-25-26-27-28-29-30-31-32-33-34-35-36-37-38-39-40-43-45-48-51-54-57-63(66)69-60-61(59-68-62(65)56-53-50-47-44-41-21-18-15-12-9-6-3)70-64(67)58-55-52-49-46-42-23-20-17-14-11-8-5-2/h7,10,16-17,19-20,24-25,27-28,30-31,33-34,36-37,39-40,45,48,61H,4-6,8-9,11-15,18,21-23,26,29,32,35,38,41-44,46-47,49-60H2,1-3H3/b10-7-,19-16-,20-17-,25-24-,28-27-,31-30-,34-33-,37-36-,40-39-,48-45-.